The van der Waals surface area contributed by atoms with Gasteiger partial charge in [0.2, 0.25) is 0 Å². The molecule has 3 atom stereocenters. The van der Waals surface area contributed by atoms with Gasteiger partial charge in [-0.05, 0) is 32.5 Å². The number of rotatable bonds is 8. The summed E-state index contributed by atoms with van der Waals surface area (Å²) in [5.41, 5.74) is 6.19. The van der Waals surface area contributed by atoms with E-state index in [1.165, 1.54) is 0 Å². The Bertz CT molecular complexity index is 367. The second-order valence-electron chi connectivity index (χ2n) is 5.01. The molecular formula is C14H26N2O3. The number of ether oxygens (including phenoxy) is 1. The summed E-state index contributed by atoms with van der Waals surface area (Å²) in [6, 6.07) is 3.81. The first-order valence-electron chi connectivity index (χ1n) is 6.68. The Morgan fingerprint density at radius 1 is 1.47 bits per heavy atom. The fourth-order valence-electron chi connectivity index (χ4n) is 2.28. The molecule has 0 amide bonds. The standard InChI is InChI=1S/C14H26N2O3/c1-5-12(15)14(13-7-6-10(2)19-13)16(3)8-11(17)9-18-4/h6-7,11-12,14,17H,5,8-9,15H2,1-4H3. The number of nitrogens with two attached hydrogens (primary N) is 1. The van der Waals surface area contributed by atoms with Crippen molar-refractivity contribution in [2.24, 2.45) is 5.73 Å². The number of hydrogen-bond acceptors (Lipinski definition) is 5. The number of nitrogens with zero attached hydrogens (tertiary/aromatic N) is 1. The van der Waals surface area contributed by atoms with E-state index in [2.05, 4.69) is 0 Å². The normalized spacial score (nSPS) is 16.6. The van der Waals surface area contributed by atoms with Gasteiger partial charge in [0.25, 0.3) is 0 Å². The van der Waals surface area contributed by atoms with E-state index in [1.54, 1.807) is 7.11 Å². The van der Waals surface area contributed by atoms with Crippen LogP contribution in [-0.2, 0) is 4.74 Å². The predicted octanol–water partition coefficient (Wildman–Crippen LogP) is 1.31. The highest BCUT2D eigenvalue weighted by atomic mass is 16.5. The van der Waals surface area contributed by atoms with E-state index in [4.69, 9.17) is 14.9 Å². The van der Waals surface area contributed by atoms with Gasteiger partial charge in [0, 0.05) is 19.7 Å². The third-order valence-corrected chi connectivity index (χ3v) is 3.26. The largest absolute Gasteiger partial charge is 0.465 e. The minimum absolute atomic E-state index is 0.0368. The average Bonchev–Trinajstić information content (AvgIpc) is 2.75. The van der Waals surface area contributed by atoms with Crippen LogP contribution in [-0.4, -0.2) is 49.5 Å². The van der Waals surface area contributed by atoms with Gasteiger partial charge in [-0.25, -0.2) is 0 Å². The SMILES string of the molecule is CCC(N)C(c1ccc(C)o1)N(C)CC(O)COC. The quantitative estimate of drug-likeness (QED) is 0.745. The molecule has 0 aliphatic rings. The van der Waals surface area contributed by atoms with E-state index in [-0.39, 0.29) is 12.1 Å². The van der Waals surface area contributed by atoms with Gasteiger partial charge in [-0.3, -0.25) is 4.90 Å². The molecule has 3 N–H and O–H groups in total. The fourth-order valence-corrected chi connectivity index (χ4v) is 2.28. The van der Waals surface area contributed by atoms with Gasteiger partial charge in [-0.2, -0.15) is 0 Å². The van der Waals surface area contributed by atoms with E-state index in [0.717, 1.165) is 17.9 Å². The molecule has 1 aromatic heterocycles. The predicted molar refractivity (Wildman–Crippen MR) is 75.0 cm³/mol. The molecule has 1 rings (SSSR count). The van der Waals surface area contributed by atoms with E-state index in [9.17, 15) is 5.11 Å². The van der Waals surface area contributed by atoms with Gasteiger partial charge in [0.1, 0.15) is 11.5 Å². The zero-order chi connectivity index (χ0) is 14.4. The molecule has 19 heavy (non-hydrogen) atoms. The number of aliphatic hydroxyl groups excluding tert-OH is 1. The molecule has 0 saturated heterocycles. The van der Waals surface area contributed by atoms with E-state index in [1.807, 2.05) is 37.9 Å². The van der Waals surface area contributed by atoms with E-state index < -0.39 is 6.10 Å². The van der Waals surface area contributed by atoms with Crippen LogP contribution in [0.1, 0.15) is 30.9 Å². The van der Waals surface area contributed by atoms with Gasteiger partial charge < -0.3 is 20.0 Å². The maximum absolute atomic E-state index is 9.84. The summed E-state index contributed by atoms with van der Waals surface area (Å²) in [7, 11) is 3.52. The summed E-state index contributed by atoms with van der Waals surface area (Å²) < 4.78 is 10.6. The van der Waals surface area contributed by atoms with Gasteiger partial charge in [0.15, 0.2) is 0 Å². The molecule has 0 spiro atoms. The molecule has 0 aliphatic carbocycles. The van der Waals surface area contributed by atoms with Crippen LogP contribution >= 0.6 is 0 Å². The number of hydrogen-bond donors (Lipinski definition) is 2. The second kappa shape index (κ2) is 7.65. The van der Waals surface area contributed by atoms with Crippen molar-refractivity contribution in [2.75, 3.05) is 27.3 Å². The summed E-state index contributed by atoms with van der Waals surface area (Å²) in [5, 5.41) is 9.84. The van der Waals surface area contributed by atoms with Crippen LogP contribution in [0, 0.1) is 6.92 Å². The van der Waals surface area contributed by atoms with Crippen LogP contribution in [0.2, 0.25) is 0 Å². The Hall–Kier alpha value is -0.880. The number of aliphatic hydroxyl groups is 1. The highest BCUT2D eigenvalue weighted by Gasteiger charge is 2.27. The molecule has 5 heteroatoms. The zero-order valence-corrected chi connectivity index (χ0v) is 12.3. The molecule has 3 unspecified atom stereocenters. The number of methoxy groups -OCH3 is 1. The van der Waals surface area contributed by atoms with Crippen molar-refractivity contribution in [3.05, 3.63) is 23.7 Å². The molecule has 1 aromatic rings. The molecule has 0 radical (unpaired) electrons. The van der Waals surface area contributed by atoms with Gasteiger partial charge in [0.05, 0.1) is 18.8 Å². The van der Waals surface area contributed by atoms with Crippen molar-refractivity contribution >= 4 is 0 Å². The molecule has 1 heterocycles. The van der Waals surface area contributed by atoms with Crippen molar-refractivity contribution in [3.63, 3.8) is 0 Å². The number of aryl methyl sites for hydroxylation is 1. The first-order valence-corrected chi connectivity index (χ1v) is 6.68. The van der Waals surface area contributed by atoms with Crippen molar-refractivity contribution in [1.82, 2.24) is 4.90 Å². The number of likely N-dealkylation sites (N-methyl/N-ethyl adjacent to an activating group) is 1. The fraction of sp³-hybridized carbons (Fsp3) is 0.714. The molecule has 0 aliphatic heterocycles. The van der Waals surface area contributed by atoms with Crippen molar-refractivity contribution in [1.29, 1.82) is 0 Å². The molecular weight excluding hydrogens is 244 g/mol. The minimum Gasteiger partial charge on any atom is -0.465 e. The highest BCUT2D eigenvalue weighted by Crippen LogP contribution is 2.25. The summed E-state index contributed by atoms with van der Waals surface area (Å²) in [4.78, 5) is 2.02. The molecule has 0 bridgehead atoms. The number of furan rings is 1. The first kappa shape index (κ1) is 16.2. The van der Waals surface area contributed by atoms with Crippen LogP contribution < -0.4 is 5.73 Å². The zero-order valence-electron chi connectivity index (χ0n) is 12.3. The van der Waals surface area contributed by atoms with Crippen molar-refractivity contribution in [3.8, 4) is 0 Å². The van der Waals surface area contributed by atoms with Crippen molar-refractivity contribution in [2.45, 2.75) is 38.5 Å². The summed E-state index contributed by atoms with van der Waals surface area (Å²) in [5.74, 6) is 1.72. The van der Waals surface area contributed by atoms with Gasteiger partial charge in [-0.15, -0.1) is 0 Å². The first-order chi connectivity index (χ1) is 8.99. The van der Waals surface area contributed by atoms with Crippen LogP contribution in [0.3, 0.4) is 0 Å². The Kier molecular flexibility index (Phi) is 6.51. The van der Waals surface area contributed by atoms with Gasteiger partial charge >= 0.3 is 0 Å². The summed E-state index contributed by atoms with van der Waals surface area (Å²) >= 11 is 0. The van der Waals surface area contributed by atoms with E-state index in [0.29, 0.717) is 13.2 Å². The maximum atomic E-state index is 9.84. The minimum atomic E-state index is -0.530. The Morgan fingerprint density at radius 3 is 2.63 bits per heavy atom. The summed E-state index contributed by atoms with van der Waals surface area (Å²) in [6.45, 7) is 4.77. The highest BCUT2D eigenvalue weighted by molar-refractivity contribution is 5.12. The average molecular weight is 270 g/mol. The smallest absolute Gasteiger partial charge is 0.122 e. The molecule has 0 fully saturated rings. The van der Waals surface area contributed by atoms with Crippen LogP contribution in [0.4, 0.5) is 0 Å². The third kappa shape index (κ3) is 4.62. The Morgan fingerprint density at radius 2 is 2.16 bits per heavy atom. The lowest BCUT2D eigenvalue weighted by Crippen LogP contribution is -2.42. The van der Waals surface area contributed by atoms with Crippen LogP contribution in [0.25, 0.3) is 0 Å². The Balaban J connectivity index is 2.79. The van der Waals surface area contributed by atoms with Crippen molar-refractivity contribution < 1.29 is 14.3 Å². The van der Waals surface area contributed by atoms with E-state index >= 15 is 0 Å². The molecule has 110 valence electrons. The van der Waals surface area contributed by atoms with Crippen LogP contribution in [0.5, 0.6) is 0 Å². The molecule has 0 saturated carbocycles. The lowest BCUT2D eigenvalue weighted by atomic mass is 10.0. The molecule has 0 aromatic carbocycles. The molecule has 5 nitrogen and oxygen atoms in total. The monoisotopic (exact) mass is 270 g/mol. The Labute approximate surface area is 115 Å². The summed E-state index contributed by atoms with van der Waals surface area (Å²) in [6.07, 6.45) is 0.312. The maximum Gasteiger partial charge on any atom is 0.122 e. The van der Waals surface area contributed by atoms with Gasteiger partial charge in [-0.1, -0.05) is 6.92 Å². The topological polar surface area (TPSA) is 71.9 Å². The second-order valence-corrected chi connectivity index (χ2v) is 5.01. The van der Waals surface area contributed by atoms with Crippen LogP contribution in [0.15, 0.2) is 16.5 Å². The lowest BCUT2D eigenvalue weighted by molar-refractivity contribution is 0.0280. The third-order valence-electron chi connectivity index (χ3n) is 3.26. The lowest BCUT2D eigenvalue weighted by Gasteiger charge is -2.32.